The molecule has 1 aromatic heterocycles. The number of hydrogen-bond donors (Lipinski definition) is 4. The van der Waals surface area contributed by atoms with Gasteiger partial charge in [0, 0.05) is 36.5 Å². The third kappa shape index (κ3) is 8.28. The SMILES string of the molecule is CC(=O)OC(C)OC(=O)C1=C(CSc2ncns2)CS[C@H]2C(NC(=O)C(O)c3ccccc3C(=O)[C@@H](N)CCCCN)C(=O)N12. The zero-order chi connectivity index (χ0) is 32.7. The number of carbonyl (C=O) groups is 5. The molecule has 2 aromatic rings. The number of carbonyl (C=O) groups excluding carboxylic acids is 5. The fraction of sp³-hybridized carbons (Fsp3) is 0.464. The van der Waals surface area contributed by atoms with Crippen LogP contribution < -0.4 is 16.8 Å². The van der Waals surface area contributed by atoms with Crippen molar-refractivity contribution in [3.63, 3.8) is 0 Å². The Labute approximate surface area is 271 Å². The van der Waals surface area contributed by atoms with Gasteiger partial charge in [-0.1, -0.05) is 42.4 Å². The van der Waals surface area contributed by atoms with Gasteiger partial charge in [0.25, 0.3) is 11.8 Å². The summed E-state index contributed by atoms with van der Waals surface area (Å²) in [6.07, 6.45) is 0.213. The van der Waals surface area contributed by atoms with Crippen molar-refractivity contribution >= 4 is 64.6 Å². The second kappa shape index (κ2) is 15.8. The molecule has 4 rings (SSSR count). The van der Waals surface area contributed by atoms with E-state index in [2.05, 4.69) is 14.7 Å². The number of thioether (sulfide) groups is 2. The molecule has 14 nitrogen and oxygen atoms in total. The summed E-state index contributed by atoms with van der Waals surface area (Å²) >= 11 is 3.84. The summed E-state index contributed by atoms with van der Waals surface area (Å²) in [5.74, 6) is -2.79. The van der Waals surface area contributed by atoms with Gasteiger partial charge in [0.05, 0.1) is 6.04 Å². The van der Waals surface area contributed by atoms with Crippen LogP contribution in [0, 0.1) is 0 Å². The number of benzene rings is 1. The maximum absolute atomic E-state index is 13.4. The van der Waals surface area contributed by atoms with Gasteiger partial charge in [-0.3, -0.25) is 24.1 Å². The van der Waals surface area contributed by atoms with Crippen LogP contribution in [0.25, 0.3) is 0 Å². The van der Waals surface area contributed by atoms with Crippen LogP contribution in [0.5, 0.6) is 0 Å². The molecule has 0 saturated carbocycles. The van der Waals surface area contributed by atoms with Crippen LogP contribution in [0.1, 0.15) is 55.1 Å². The quantitative estimate of drug-likeness (QED) is 0.0518. The fourth-order valence-corrected chi connectivity index (χ4v) is 7.72. The molecule has 3 unspecified atom stereocenters. The van der Waals surface area contributed by atoms with Crippen molar-refractivity contribution in [1.82, 2.24) is 19.6 Å². The molecular weight excluding hydrogens is 645 g/mol. The van der Waals surface area contributed by atoms with Crippen LogP contribution in [-0.4, -0.2) is 90.7 Å². The van der Waals surface area contributed by atoms with E-state index >= 15 is 0 Å². The Bertz CT molecular complexity index is 1460. The lowest BCUT2D eigenvalue weighted by Gasteiger charge is -2.50. The standard InChI is InChI=1S/C28H34N6O8S3/c1-14(35)41-15(2)42-27(40)21-16(12-44-28-31-13-32-45-28)11-43-26-20(25(39)34(21)26)33-24(38)23(37)18-8-4-3-7-17(18)22(36)19(30)9-5-6-10-29/h3-4,7-8,13,15,19-20,23,26,37H,5-6,9-12,29-30H2,1-2H3,(H,33,38)/t15?,19-,20?,23?,26-/m0/s1. The molecule has 5 atom stereocenters. The van der Waals surface area contributed by atoms with Gasteiger partial charge in [-0.15, -0.1) is 11.8 Å². The van der Waals surface area contributed by atoms with E-state index in [1.54, 1.807) is 12.1 Å². The number of unbranched alkanes of at least 4 members (excludes halogenated alkanes) is 1. The van der Waals surface area contributed by atoms with Gasteiger partial charge in [-0.2, -0.15) is 4.37 Å². The van der Waals surface area contributed by atoms with E-state index in [-0.39, 0.29) is 16.8 Å². The lowest BCUT2D eigenvalue weighted by Crippen LogP contribution is -2.71. The number of esters is 2. The molecule has 45 heavy (non-hydrogen) atoms. The van der Waals surface area contributed by atoms with E-state index in [0.29, 0.717) is 47.2 Å². The molecule has 1 aromatic carbocycles. The van der Waals surface area contributed by atoms with Crippen molar-refractivity contribution in [3.05, 3.63) is 53.0 Å². The Morgan fingerprint density at radius 3 is 2.67 bits per heavy atom. The van der Waals surface area contributed by atoms with E-state index in [9.17, 15) is 29.1 Å². The lowest BCUT2D eigenvalue weighted by atomic mass is 9.93. The Balaban J connectivity index is 1.49. The van der Waals surface area contributed by atoms with Gasteiger partial charge >= 0.3 is 11.9 Å². The maximum Gasteiger partial charge on any atom is 0.358 e. The molecule has 1 saturated heterocycles. The molecule has 0 radical (unpaired) electrons. The first-order valence-electron chi connectivity index (χ1n) is 14.0. The lowest BCUT2D eigenvalue weighted by molar-refractivity contribution is -0.182. The molecule has 1 fully saturated rings. The summed E-state index contributed by atoms with van der Waals surface area (Å²) in [4.78, 5) is 69.7. The summed E-state index contributed by atoms with van der Waals surface area (Å²) in [5, 5.41) is 12.9. The number of fused-ring (bicyclic) bond motifs is 1. The molecule has 0 bridgehead atoms. The molecule has 2 aliphatic rings. The number of ether oxygens (including phenoxy) is 2. The number of ketones is 1. The van der Waals surface area contributed by atoms with Crippen molar-refractivity contribution in [2.75, 3.05) is 18.1 Å². The highest BCUT2D eigenvalue weighted by Gasteiger charge is 2.55. The third-order valence-corrected chi connectivity index (χ3v) is 10.2. The van der Waals surface area contributed by atoms with E-state index in [4.69, 9.17) is 20.9 Å². The zero-order valence-corrected chi connectivity index (χ0v) is 27.0. The van der Waals surface area contributed by atoms with Crippen LogP contribution in [0.4, 0.5) is 0 Å². The van der Waals surface area contributed by atoms with Crippen molar-refractivity contribution in [1.29, 1.82) is 0 Å². The first kappa shape index (κ1) is 34.5. The minimum absolute atomic E-state index is 0.00891. The fourth-order valence-electron chi connectivity index (χ4n) is 4.80. The second-order valence-electron chi connectivity index (χ2n) is 10.2. The first-order chi connectivity index (χ1) is 21.5. The summed E-state index contributed by atoms with van der Waals surface area (Å²) in [6, 6.07) is 4.24. The molecule has 0 spiro atoms. The van der Waals surface area contributed by atoms with E-state index in [0.717, 1.165) is 0 Å². The maximum atomic E-state index is 13.4. The van der Waals surface area contributed by atoms with Crippen molar-refractivity contribution < 1.29 is 38.6 Å². The number of aromatic nitrogens is 2. The summed E-state index contributed by atoms with van der Waals surface area (Å²) in [6.45, 7) is 3.03. The zero-order valence-electron chi connectivity index (χ0n) is 24.5. The number of nitrogens with two attached hydrogens (primary N) is 2. The highest BCUT2D eigenvalue weighted by molar-refractivity contribution is 8.01. The van der Waals surface area contributed by atoms with E-state index in [1.165, 1.54) is 72.3 Å². The van der Waals surface area contributed by atoms with Gasteiger partial charge in [0.1, 0.15) is 23.4 Å². The average Bonchev–Trinajstić information content (AvgIpc) is 3.54. The molecule has 242 valence electrons. The van der Waals surface area contributed by atoms with Gasteiger partial charge in [0.15, 0.2) is 16.2 Å². The van der Waals surface area contributed by atoms with Crippen LogP contribution in [-0.2, 0) is 28.7 Å². The van der Waals surface area contributed by atoms with Crippen molar-refractivity contribution in [2.45, 2.75) is 67.3 Å². The third-order valence-electron chi connectivity index (χ3n) is 6.93. The Morgan fingerprint density at radius 1 is 1.22 bits per heavy atom. The van der Waals surface area contributed by atoms with E-state index in [1.807, 2.05) is 0 Å². The summed E-state index contributed by atoms with van der Waals surface area (Å²) < 4.78 is 14.9. The van der Waals surface area contributed by atoms with Crippen molar-refractivity contribution in [2.24, 2.45) is 11.5 Å². The predicted octanol–water partition coefficient (Wildman–Crippen LogP) is 1.11. The van der Waals surface area contributed by atoms with Crippen molar-refractivity contribution in [3.8, 4) is 0 Å². The number of Topliss-reactive ketones (excluding diaryl/α,β-unsaturated/α-hetero) is 1. The Kier molecular flexibility index (Phi) is 12.1. The van der Waals surface area contributed by atoms with Gasteiger partial charge in [-0.05, 0) is 36.5 Å². The summed E-state index contributed by atoms with van der Waals surface area (Å²) in [5.41, 5.74) is 12.4. The molecule has 17 heteroatoms. The van der Waals surface area contributed by atoms with Crippen LogP contribution in [0.3, 0.4) is 0 Å². The first-order valence-corrected chi connectivity index (χ1v) is 16.9. The molecular formula is C28H34N6O8S3. The second-order valence-corrected chi connectivity index (χ2v) is 13.3. The highest BCUT2D eigenvalue weighted by atomic mass is 32.2. The van der Waals surface area contributed by atoms with Gasteiger partial charge in [0.2, 0.25) is 6.29 Å². The van der Waals surface area contributed by atoms with Crippen LogP contribution in [0.15, 0.2) is 46.2 Å². The normalized spacial score (nSPS) is 19.6. The molecule has 2 amide bonds. The molecule has 0 aliphatic carbocycles. The number of nitrogens with zero attached hydrogens (tertiary/aromatic N) is 3. The largest absolute Gasteiger partial charge is 0.426 e. The minimum atomic E-state index is -1.76. The predicted molar refractivity (Wildman–Crippen MR) is 167 cm³/mol. The highest BCUT2D eigenvalue weighted by Crippen LogP contribution is 2.42. The number of aliphatic hydroxyl groups is 1. The number of amides is 2. The topological polar surface area (TPSA) is 217 Å². The number of β-lactam (4-membered cyclic amide) rings is 1. The Morgan fingerprint density at radius 2 is 1.98 bits per heavy atom. The number of rotatable bonds is 15. The average molecular weight is 679 g/mol. The molecule has 3 heterocycles. The minimum Gasteiger partial charge on any atom is -0.426 e. The van der Waals surface area contributed by atoms with Gasteiger partial charge < -0.3 is 31.4 Å². The Hall–Kier alpha value is -3.35. The summed E-state index contributed by atoms with van der Waals surface area (Å²) in [7, 11) is 0. The molecule has 2 aliphatic heterocycles. The molecule has 6 N–H and O–H groups in total. The number of nitrogens with one attached hydrogen (secondary N) is 1. The smallest absolute Gasteiger partial charge is 0.358 e. The van der Waals surface area contributed by atoms with Gasteiger partial charge in [-0.25, -0.2) is 9.78 Å². The van der Waals surface area contributed by atoms with E-state index < -0.39 is 59.4 Å². The monoisotopic (exact) mass is 678 g/mol. The number of hydrogen-bond acceptors (Lipinski definition) is 15. The van der Waals surface area contributed by atoms with Crippen LogP contribution in [0.2, 0.25) is 0 Å². The van der Waals surface area contributed by atoms with Crippen LogP contribution >= 0.6 is 35.1 Å². The number of aliphatic hydroxyl groups excluding tert-OH is 1.